The number of carbonyl (C=O) groups is 1. The Kier molecular flexibility index (Phi) is 3.99. The molecule has 0 radical (unpaired) electrons. The molecule has 0 aliphatic carbocycles. The highest BCUT2D eigenvalue weighted by Gasteiger charge is 2.16. The number of hydrogen-bond acceptors (Lipinski definition) is 5. The molecule has 4 aromatic rings. The van der Waals surface area contributed by atoms with E-state index in [1.165, 1.54) is 11.3 Å². The van der Waals surface area contributed by atoms with E-state index < -0.39 is 0 Å². The van der Waals surface area contributed by atoms with Gasteiger partial charge in [0.2, 0.25) is 0 Å². The summed E-state index contributed by atoms with van der Waals surface area (Å²) >= 11 is 7.45. The standard InChI is InChI=1S/C18H12ClN3O2S/c1-10-8-17(22-24-10)21-18(23)12-9-14(15-6-7-16(19)25-15)20-13-5-3-2-4-11(12)13/h2-9H,1H3,(H,21,22,23). The number of nitrogens with one attached hydrogen (secondary N) is 1. The van der Waals surface area contributed by atoms with Crippen LogP contribution >= 0.6 is 22.9 Å². The predicted octanol–water partition coefficient (Wildman–Crippen LogP) is 5.17. The Balaban J connectivity index is 1.82. The molecule has 0 unspecified atom stereocenters. The molecule has 1 aromatic carbocycles. The molecule has 124 valence electrons. The third-order valence-electron chi connectivity index (χ3n) is 3.66. The normalized spacial score (nSPS) is 11.0. The number of nitrogens with zero attached hydrogens (tertiary/aromatic N) is 2. The minimum atomic E-state index is -0.268. The minimum Gasteiger partial charge on any atom is -0.360 e. The molecule has 0 atom stereocenters. The molecule has 7 heteroatoms. The predicted molar refractivity (Wildman–Crippen MR) is 99.3 cm³/mol. The molecule has 0 saturated heterocycles. The average Bonchev–Trinajstić information content (AvgIpc) is 3.22. The van der Waals surface area contributed by atoms with Crippen LogP contribution in [0.4, 0.5) is 5.82 Å². The summed E-state index contributed by atoms with van der Waals surface area (Å²) in [5.41, 5.74) is 1.97. The first-order valence-corrected chi connectivity index (χ1v) is 8.70. The maximum Gasteiger partial charge on any atom is 0.257 e. The van der Waals surface area contributed by atoms with Gasteiger partial charge in [0.05, 0.1) is 26.0 Å². The van der Waals surface area contributed by atoms with E-state index in [0.29, 0.717) is 27.2 Å². The number of benzene rings is 1. The zero-order chi connectivity index (χ0) is 17.4. The molecular weight excluding hydrogens is 358 g/mol. The molecule has 0 fully saturated rings. The number of carbonyl (C=O) groups excluding carboxylic acids is 1. The number of thiophene rings is 1. The molecule has 25 heavy (non-hydrogen) atoms. The first-order chi connectivity index (χ1) is 12.1. The van der Waals surface area contributed by atoms with E-state index in [1.807, 2.05) is 36.4 Å². The number of fused-ring (bicyclic) bond motifs is 1. The van der Waals surface area contributed by atoms with E-state index in [9.17, 15) is 4.79 Å². The Hall–Kier alpha value is -2.70. The number of aryl methyl sites for hydroxylation is 1. The van der Waals surface area contributed by atoms with Gasteiger partial charge in [0, 0.05) is 11.5 Å². The van der Waals surface area contributed by atoms with Crippen LogP contribution in [-0.2, 0) is 0 Å². The quantitative estimate of drug-likeness (QED) is 0.541. The number of para-hydroxylation sites is 1. The molecule has 0 saturated carbocycles. The fourth-order valence-electron chi connectivity index (χ4n) is 2.55. The van der Waals surface area contributed by atoms with E-state index in [2.05, 4.69) is 15.5 Å². The van der Waals surface area contributed by atoms with Gasteiger partial charge < -0.3 is 9.84 Å². The lowest BCUT2D eigenvalue weighted by molar-refractivity contribution is 0.102. The molecule has 5 nitrogen and oxygen atoms in total. The summed E-state index contributed by atoms with van der Waals surface area (Å²) < 4.78 is 5.67. The van der Waals surface area contributed by atoms with Gasteiger partial charge in [-0.25, -0.2) is 4.98 Å². The van der Waals surface area contributed by atoms with Gasteiger partial charge in [0.25, 0.3) is 5.91 Å². The van der Waals surface area contributed by atoms with Crippen LogP contribution in [0.15, 0.2) is 53.1 Å². The first kappa shape index (κ1) is 15.8. The monoisotopic (exact) mass is 369 g/mol. The van der Waals surface area contributed by atoms with Crippen LogP contribution in [0, 0.1) is 6.92 Å². The Morgan fingerprint density at radius 1 is 1.20 bits per heavy atom. The molecular formula is C18H12ClN3O2S. The lowest BCUT2D eigenvalue weighted by Crippen LogP contribution is -2.13. The van der Waals surface area contributed by atoms with Gasteiger partial charge >= 0.3 is 0 Å². The van der Waals surface area contributed by atoms with Gasteiger partial charge in [-0.05, 0) is 31.2 Å². The largest absolute Gasteiger partial charge is 0.360 e. The molecule has 4 rings (SSSR count). The lowest BCUT2D eigenvalue weighted by atomic mass is 10.1. The van der Waals surface area contributed by atoms with E-state index in [1.54, 1.807) is 19.1 Å². The summed E-state index contributed by atoms with van der Waals surface area (Å²) in [7, 11) is 0. The number of pyridine rings is 1. The molecule has 3 aromatic heterocycles. The van der Waals surface area contributed by atoms with Crippen LogP contribution in [0.1, 0.15) is 16.1 Å². The first-order valence-electron chi connectivity index (χ1n) is 7.50. The summed E-state index contributed by atoms with van der Waals surface area (Å²) in [5, 5.41) is 7.34. The van der Waals surface area contributed by atoms with Crippen LogP contribution in [0.2, 0.25) is 4.34 Å². The number of halogens is 1. The van der Waals surface area contributed by atoms with Crippen molar-refractivity contribution in [2.75, 3.05) is 5.32 Å². The van der Waals surface area contributed by atoms with Gasteiger partial charge in [-0.2, -0.15) is 0 Å². The van der Waals surface area contributed by atoms with Gasteiger partial charge in [-0.15, -0.1) is 11.3 Å². The molecule has 3 heterocycles. The minimum absolute atomic E-state index is 0.268. The second-order valence-electron chi connectivity index (χ2n) is 5.45. The van der Waals surface area contributed by atoms with E-state index in [-0.39, 0.29) is 5.91 Å². The Morgan fingerprint density at radius 3 is 2.76 bits per heavy atom. The summed E-state index contributed by atoms with van der Waals surface area (Å²) in [6.45, 7) is 1.77. The van der Waals surface area contributed by atoms with Crippen molar-refractivity contribution in [3.63, 3.8) is 0 Å². The topological polar surface area (TPSA) is 68.0 Å². The van der Waals surface area contributed by atoms with Crippen molar-refractivity contribution < 1.29 is 9.32 Å². The summed E-state index contributed by atoms with van der Waals surface area (Å²) in [5.74, 6) is 0.740. The van der Waals surface area contributed by atoms with Crippen molar-refractivity contribution in [2.24, 2.45) is 0 Å². The summed E-state index contributed by atoms with van der Waals surface area (Å²) in [6.07, 6.45) is 0. The average molecular weight is 370 g/mol. The van der Waals surface area contributed by atoms with Crippen LogP contribution in [0.25, 0.3) is 21.5 Å². The SMILES string of the molecule is Cc1cc(NC(=O)c2cc(-c3ccc(Cl)s3)nc3ccccc23)no1. The molecule has 0 aliphatic heterocycles. The molecule has 0 spiro atoms. The smallest absolute Gasteiger partial charge is 0.257 e. The number of amides is 1. The third-order valence-corrected chi connectivity index (χ3v) is 4.91. The zero-order valence-electron chi connectivity index (χ0n) is 13.1. The second-order valence-corrected chi connectivity index (χ2v) is 7.17. The number of hydrogen-bond donors (Lipinski definition) is 1. The van der Waals surface area contributed by atoms with Crippen LogP contribution in [0.5, 0.6) is 0 Å². The maximum atomic E-state index is 12.8. The van der Waals surface area contributed by atoms with Crippen LogP contribution in [0.3, 0.4) is 0 Å². The Labute approximate surface area is 152 Å². The fourth-order valence-corrected chi connectivity index (χ4v) is 3.55. The fraction of sp³-hybridized carbons (Fsp3) is 0.0556. The van der Waals surface area contributed by atoms with Gasteiger partial charge in [-0.1, -0.05) is 35.0 Å². The molecule has 0 bridgehead atoms. The lowest BCUT2D eigenvalue weighted by Gasteiger charge is -2.08. The molecule has 1 N–H and O–H groups in total. The zero-order valence-corrected chi connectivity index (χ0v) is 14.7. The second kappa shape index (κ2) is 6.31. The Morgan fingerprint density at radius 2 is 2.04 bits per heavy atom. The summed E-state index contributed by atoms with van der Waals surface area (Å²) in [6, 6.07) is 14.7. The van der Waals surface area contributed by atoms with E-state index >= 15 is 0 Å². The summed E-state index contributed by atoms with van der Waals surface area (Å²) in [4.78, 5) is 18.3. The van der Waals surface area contributed by atoms with Crippen molar-refractivity contribution in [3.05, 3.63) is 64.2 Å². The molecule has 0 aliphatic rings. The number of rotatable bonds is 3. The maximum absolute atomic E-state index is 12.8. The molecule has 1 amide bonds. The van der Waals surface area contributed by atoms with E-state index in [4.69, 9.17) is 16.1 Å². The Bertz CT molecular complexity index is 1090. The third kappa shape index (κ3) is 3.14. The van der Waals surface area contributed by atoms with Crippen LogP contribution < -0.4 is 5.32 Å². The number of aromatic nitrogens is 2. The highest BCUT2D eigenvalue weighted by atomic mass is 35.5. The van der Waals surface area contributed by atoms with Gasteiger partial charge in [-0.3, -0.25) is 4.79 Å². The van der Waals surface area contributed by atoms with Gasteiger partial charge in [0.1, 0.15) is 5.76 Å². The van der Waals surface area contributed by atoms with Crippen molar-refractivity contribution >= 4 is 45.6 Å². The van der Waals surface area contributed by atoms with Crippen molar-refractivity contribution in [1.29, 1.82) is 0 Å². The van der Waals surface area contributed by atoms with E-state index in [0.717, 1.165) is 15.8 Å². The van der Waals surface area contributed by atoms with Crippen molar-refractivity contribution in [3.8, 4) is 10.6 Å². The highest BCUT2D eigenvalue weighted by molar-refractivity contribution is 7.19. The van der Waals surface area contributed by atoms with Gasteiger partial charge in [0.15, 0.2) is 5.82 Å². The van der Waals surface area contributed by atoms with Crippen molar-refractivity contribution in [2.45, 2.75) is 6.92 Å². The highest BCUT2D eigenvalue weighted by Crippen LogP contribution is 2.32. The van der Waals surface area contributed by atoms with Crippen molar-refractivity contribution in [1.82, 2.24) is 10.1 Å². The van der Waals surface area contributed by atoms with Crippen LogP contribution in [-0.4, -0.2) is 16.0 Å². The number of anilines is 1.